The zero-order chi connectivity index (χ0) is 15.0. The van der Waals surface area contributed by atoms with Gasteiger partial charge in [-0.15, -0.1) is 0 Å². The number of hydrogen-bond acceptors (Lipinski definition) is 1. The molecule has 5 heteroatoms. The summed E-state index contributed by atoms with van der Waals surface area (Å²) in [5.74, 6) is 0.614. The monoisotopic (exact) mass is 447 g/mol. The summed E-state index contributed by atoms with van der Waals surface area (Å²) in [6, 6.07) is 12.7. The number of anilines is 1. The average molecular weight is 450 g/mol. The van der Waals surface area contributed by atoms with Gasteiger partial charge in [-0.25, -0.2) is 0 Å². The molecule has 21 heavy (non-hydrogen) atoms. The zero-order valence-corrected chi connectivity index (χ0v) is 15.7. The van der Waals surface area contributed by atoms with Gasteiger partial charge < -0.3 is 5.32 Å². The predicted octanol–water partition coefficient (Wildman–Crippen LogP) is 6.88. The third-order valence-corrected chi connectivity index (χ3v) is 5.42. The molecule has 0 spiro atoms. The lowest BCUT2D eigenvalue weighted by Gasteiger charge is -2.37. The summed E-state index contributed by atoms with van der Waals surface area (Å²) >= 11 is 19.4. The third kappa shape index (κ3) is 3.58. The molecular weight excluding hydrogens is 437 g/mol. The quantitative estimate of drug-likeness (QED) is 0.538. The number of benzene rings is 2. The van der Waals surface area contributed by atoms with Gasteiger partial charge in [0.05, 0.1) is 15.7 Å². The molecule has 0 amide bonds. The molecule has 3 rings (SSSR count). The molecule has 0 bridgehead atoms. The highest BCUT2D eigenvalue weighted by Gasteiger charge is 2.30. The van der Waals surface area contributed by atoms with Gasteiger partial charge in [0.25, 0.3) is 0 Å². The van der Waals surface area contributed by atoms with Crippen molar-refractivity contribution in [1.82, 2.24) is 0 Å². The molecule has 1 N–H and O–H groups in total. The van der Waals surface area contributed by atoms with Crippen molar-refractivity contribution >= 4 is 60.7 Å². The molecule has 0 saturated heterocycles. The van der Waals surface area contributed by atoms with Crippen LogP contribution in [0.25, 0.3) is 0 Å². The van der Waals surface area contributed by atoms with Crippen LogP contribution in [0.2, 0.25) is 10.0 Å². The van der Waals surface area contributed by atoms with Gasteiger partial charge in [0.1, 0.15) is 0 Å². The summed E-state index contributed by atoms with van der Waals surface area (Å²) in [5.41, 5.74) is 2.23. The van der Waals surface area contributed by atoms with Crippen molar-refractivity contribution in [2.24, 2.45) is 0 Å². The third-order valence-electron chi connectivity index (χ3n) is 3.83. The fraction of sp³-hybridized carbons (Fsp3) is 0.250. The Kier molecular flexibility index (Phi) is 4.84. The van der Waals surface area contributed by atoms with Crippen LogP contribution in [-0.2, 0) is 0 Å². The Hall–Kier alpha value is -0.220. The molecule has 2 aromatic carbocycles. The largest absolute Gasteiger partial charge is 0.380 e. The first kappa shape index (κ1) is 15.7. The van der Waals surface area contributed by atoms with Crippen LogP contribution >= 0.6 is 55.1 Å². The van der Waals surface area contributed by atoms with Crippen LogP contribution in [0.5, 0.6) is 0 Å². The van der Waals surface area contributed by atoms with Gasteiger partial charge in [-0.3, -0.25) is 0 Å². The van der Waals surface area contributed by atoms with E-state index in [4.69, 9.17) is 23.2 Å². The van der Waals surface area contributed by atoms with Gasteiger partial charge in [0.2, 0.25) is 0 Å². The van der Waals surface area contributed by atoms with Gasteiger partial charge in [-0.05, 0) is 48.6 Å². The normalized spacial score (nSPS) is 21.0. The van der Waals surface area contributed by atoms with Crippen molar-refractivity contribution in [2.75, 3.05) is 5.32 Å². The second kappa shape index (κ2) is 6.49. The maximum Gasteiger partial charge on any atom is 0.0721 e. The molecular formula is C16H13Br2Cl2N. The summed E-state index contributed by atoms with van der Waals surface area (Å²) in [6.07, 6.45) is 2.20. The Labute approximate surface area is 151 Å². The molecule has 0 radical (unpaired) electrons. The average Bonchev–Trinajstić information content (AvgIpc) is 2.37. The van der Waals surface area contributed by atoms with Gasteiger partial charge in [-0.1, -0.05) is 67.2 Å². The maximum absolute atomic E-state index is 6.25. The van der Waals surface area contributed by atoms with Crippen LogP contribution in [0.4, 0.5) is 5.69 Å². The van der Waals surface area contributed by atoms with Crippen LogP contribution in [-0.4, -0.2) is 6.04 Å². The minimum absolute atomic E-state index is 0.426. The zero-order valence-electron chi connectivity index (χ0n) is 11.0. The van der Waals surface area contributed by atoms with E-state index in [1.807, 2.05) is 12.1 Å². The van der Waals surface area contributed by atoms with E-state index in [1.165, 1.54) is 5.56 Å². The lowest BCUT2D eigenvalue weighted by Crippen LogP contribution is -2.34. The van der Waals surface area contributed by atoms with E-state index in [2.05, 4.69) is 61.4 Å². The summed E-state index contributed by atoms with van der Waals surface area (Å²) < 4.78 is 2.01. The molecule has 0 aliphatic heterocycles. The number of rotatable bonds is 3. The fourth-order valence-electron chi connectivity index (χ4n) is 2.63. The predicted molar refractivity (Wildman–Crippen MR) is 97.7 cm³/mol. The molecule has 1 saturated carbocycles. The van der Waals surface area contributed by atoms with Crippen molar-refractivity contribution < 1.29 is 0 Å². The van der Waals surface area contributed by atoms with Crippen LogP contribution in [0.1, 0.15) is 24.3 Å². The molecule has 0 unspecified atom stereocenters. The van der Waals surface area contributed by atoms with Crippen LogP contribution in [0, 0.1) is 0 Å². The van der Waals surface area contributed by atoms with Crippen molar-refractivity contribution in [3.8, 4) is 0 Å². The Bertz CT molecular complexity index is 629. The SMILES string of the molecule is Clc1cc(Br)cc(Cl)c1NC1CC(c2ccc(Br)cc2)C1. The van der Waals surface area contributed by atoms with Crippen LogP contribution in [0.15, 0.2) is 45.3 Å². The first-order valence-electron chi connectivity index (χ1n) is 6.69. The van der Waals surface area contributed by atoms with Gasteiger partial charge >= 0.3 is 0 Å². The second-order valence-electron chi connectivity index (χ2n) is 5.31. The minimum Gasteiger partial charge on any atom is -0.380 e. The molecule has 0 atom stereocenters. The van der Waals surface area contributed by atoms with E-state index in [9.17, 15) is 0 Å². The molecule has 1 nitrogen and oxygen atoms in total. The highest BCUT2D eigenvalue weighted by atomic mass is 79.9. The topological polar surface area (TPSA) is 12.0 Å². The number of halogens is 4. The Morgan fingerprint density at radius 2 is 1.48 bits per heavy atom. The van der Waals surface area contributed by atoms with E-state index in [0.29, 0.717) is 22.0 Å². The molecule has 1 aliphatic carbocycles. The van der Waals surface area contributed by atoms with Gasteiger partial charge in [0, 0.05) is 15.0 Å². The van der Waals surface area contributed by atoms with E-state index in [-0.39, 0.29) is 0 Å². The summed E-state index contributed by atoms with van der Waals surface area (Å²) in [6.45, 7) is 0. The molecule has 0 heterocycles. The van der Waals surface area contributed by atoms with Crippen LogP contribution in [0.3, 0.4) is 0 Å². The van der Waals surface area contributed by atoms with E-state index in [0.717, 1.165) is 27.5 Å². The van der Waals surface area contributed by atoms with Crippen molar-refractivity contribution in [1.29, 1.82) is 0 Å². The smallest absolute Gasteiger partial charge is 0.0721 e. The van der Waals surface area contributed by atoms with E-state index >= 15 is 0 Å². The highest BCUT2D eigenvalue weighted by Crippen LogP contribution is 2.41. The van der Waals surface area contributed by atoms with Crippen molar-refractivity contribution in [3.63, 3.8) is 0 Å². The van der Waals surface area contributed by atoms with Crippen LogP contribution < -0.4 is 5.32 Å². The van der Waals surface area contributed by atoms with Gasteiger partial charge in [0.15, 0.2) is 0 Å². The van der Waals surface area contributed by atoms with Crippen molar-refractivity contribution in [2.45, 2.75) is 24.8 Å². The molecule has 1 fully saturated rings. The lowest BCUT2D eigenvalue weighted by atomic mass is 9.76. The summed E-state index contributed by atoms with van der Waals surface area (Å²) in [7, 11) is 0. The summed E-state index contributed by atoms with van der Waals surface area (Å²) in [5, 5.41) is 4.77. The molecule has 0 aromatic heterocycles. The highest BCUT2D eigenvalue weighted by molar-refractivity contribution is 9.10. The first-order valence-corrected chi connectivity index (χ1v) is 9.03. The van der Waals surface area contributed by atoms with Gasteiger partial charge in [-0.2, -0.15) is 0 Å². The molecule has 1 aliphatic rings. The van der Waals surface area contributed by atoms with E-state index < -0.39 is 0 Å². The van der Waals surface area contributed by atoms with Crippen molar-refractivity contribution in [3.05, 3.63) is 61.0 Å². The first-order chi connectivity index (χ1) is 10.0. The molecule has 110 valence electrons. The molecule has 2 aromatic rings. The second-order valence-corrected chi connectivity index (χ2v) is 7.95. The number of hydrogen-bond donors (Lipinski definition) is 1. The van der Waals surface area contributed by atoms with E-state index in [1.54, 1.807) is 0 Å². The Balaban J connectivity index is 1.64. The Morgan fingerprint density at radius 3 is 2.05 bits per heavy atom. The Morgan fingerprint density at radius 1 is 0.905 bits per heavy atom. The standard InChI is InChI=1S/C16H13Br2Cl2N/c17-11-3-1-9(2-4-11)10-5-13(6-10)21-16-14(19)7-12(18)8-15(16)20/h1-4,7-8,10,13,21H,5-6H2. The maximum atomic E-state index is 6.25. The lowest BCUT2D eigenvalue weighted by molar-refractivity contribution is 0.374. The minimum atomic E-state index is 0.426. The number of nitrogens with one attached hydrogen (secondary N) is 1. The fourth-order valence-corrected chi connectivity index (χ4v) is 4.21. The summed E-state index contributed by atoms with van der Waals surface area (Å²) in [4.78, 5) is 0.